The van der Waals surface area contributed by atoms with Crippen molar-refractivity contribution in [3.05, 3.63) is 36.3 Å². The van der Waals surface area contributed by atoms with Crippen LogP contribution in [0.2, 0.25) is 0 Å². The molecule has 1 fully saturated rings. The highest BCUT2D eigenvalue weighted by molar-refractivity contribution is 5.73. The fourth-order valence-corrected chi connectivity index (χ4v) is 4.00. The van der Waals surface area contributed by atoms with E-state index >= 15 is 0 Å². The number of benzene rings is 1. The lowest BCUT2D eigenvalue weighted by Crippen LogP contribution is -2.47. The number of carbonyl (C=O) groups is 1. The van der Waals surface area contributed by atoms with Crippen molar-refractivity contribution < 1.29 is 14.3 Å². The molecule has 0 unspecified atom stereocenters. The molecule has 1 atom stereocenters. The molecule has 2 aliphatic rings. The van der Waals surface area contributed by atoms with Crippen LogP contribution in [-0.2, 0) is 22.7 Å². The lowest BCUT2D eigenvalue weighted by molar-refractivity contribution is -0.129. The van der Waals surface area contributed by atoms with Gasteiger partial charge in [0.2, 0.25) is 5.91 Å². The van der Waals surface area contributed by atoms with Gasteiger partial charge in [0.15, 0.2) is 0 Å². The van der Waals surface area contributed by atoms with Crippen molar-refractivity contribution in [3.8, 4) is 17.0 Å². The van der Waals surface area contributed by atoms with Crippen molar-refractivity contribution in [2.75, 3.05) is 26.7 Å². The minimum atomic E-state index is 0.123. The average molecular weight is 384 g/mol. The number of likely N-dealkylation sites (tertiary alicyclic amines) is 1. The van der Waals surface area contributed by atoms with Gasteiger partial charge in [-0.05, 0) is 25.0 Å². The van der Waals surface area contributed by atoms with Crippen molar-refractivity contribution in [3.63, 3.8) is 0 Å². The van der Waals surface area contributed by atoms with Gasteiger partial charge in [-0.3, -0.25) is 4.79 Å². The molecule has 1 aromatic carbocycles. The molecular weight excluding hydrogens is 356 g/mol. The molecule has 4 rings (SSSR count). The van der Waals surface area contributed by atoms with Crippen LogP contribution in [0.4, 0.5) is 0 Å². The molecule has 1 aromatic heterocycles. The summed E-state index contributed by atoms with van der Waals surface area (Å²) in [5.41, 5.74) is 1.92. The van der Waals surface area contributed by atoms with Crippen LogP contribution < -0.4 is 10.1 Å². The number of para-hydroxylation sites is 1. The number of nitrogens with zero attached hydrogens (tertiary/aromatic N) is 3. The lowest BCUT2D eigenvalue weighted by Gasteiger charge is -2.33. The number of rotatable bonds is 5. The lowest BCUT2D eigenvalue weighted by atomic mass is 10.0. The van der Waals surface area contributed by atoms with Gasteiger partial charge in [0, 0.05) is 44.4 Å². The minimum Gasteiger partial charge on any atom is -0.496 e. The monoisotopic (exact) mass is 384 g/mol. The maximum Gasteiger partial charge on any atom is 0.219 e. The van der Waals surface area contributed by atoms with Crippen LogP contribution in [0.3, 0.4) is 0 Å². The SMILES string of the molecule is COc1ccccc1-c1cn2c(n1)CO[C@@H](CNC1CCN(C(C)=O)CC1)C2. The van der Waals surface area contributed by atoms with Gasteiger partial charge in [-0.15, -0.1) is 0 Å². The summed E-state index contributed by atoms with van der Waals surface area (Å²) >= 11 is 0. The van der Waals surface area contributed by atoms with Crippen LogP contribution in [0, 0.1) is 0 Å². The summed E-state index contributed by atoms with van der Waals surface area (Å²) in [5, 5.41) is 3.62. The van der Waals surface area contributed by atoms with E-state index < -0.39 is 0 Å². The smallest absolute Gasteiger partial charge is 0.219 e. The van der Waals surface area contributed by atoms with E-state index in [1.807, 2.05) is 29.2 Å². The van der Waals surface area contributed by atoms with Crippen molar-refractivity contribution in [2.45, 2.75) is 45.1 Å². The first kappa shape index (κ1) is 19.0. The van der Waals surface area contributed by atoms with Crippen molar-refractivity contribution in [2.24, 2.45) is 0 Å². The van der Waals surface area contributed by atoms with Crippen LogP contribution in [0.5, 0.6) is 5.75 Å². The van der Waals surface area contributed by atoms with Crippen LogP contribution in [0.15, 0.2) is 30.5 Å². The molecule has 1 amide bonds. The van der Waals surface area contributed by atoms with Crippen molar-refractivity contribution in [1.82, 2.24) is 19.8 Å². The molecule has 7 nitrogen and oxygen atoms in total. The number of amides is 1. The Morgan fingerprint density at radius 1 is 1.32 bits per heavy atom. The zero-order chi connectivity index (χ0) is 19.5. The summed E-state index contributed by atoms with van der Waals surface area (Å²) in [6.07, 6.45) is 4.22. The largest absolute Gasteiger partial charge is 0.496 e. The molecule has 7 heteroatoms. The maximum atomic E-state index is 11.4. The van der Waals surface area contributed by atoms with Gasteiger partial charge in [0.05, 0.1) is 25.5 Å². The highest BCUT2D eigenvalue weighted by Gasteiger charge is 2.25. The van der Waals surface area contributed by atoms with Gasteiger partial charge in [-0.1, -0.05) is 12.1 Å². The summed E-state index contributed by atoms with van der Waals surface area (Å²) in [4.78, 5) is 18.1. The first-order valence-electron chi connectivity index (χ1n) is 9.94. The number of fused-ring (bicyclic) bond motifs is 1. The third-order valence-corrected chi connectivity index (χ3v) is 5.67. The Balaban J connectivity index is 1.34. The van der Waals surface area contributed by atoms with E-state index in [0.717, 1.165) is 61.9 Å². The summed E-state index contributed by atoms with van der Waals surface area (Å²) in [6.45, 7) is 5.44. The van der Waals surface area contributed by atoms with Crippen molar-refractivity contribution >= 4 is 5.91 Å². The Morgan fingerprint density at radius 2 is 2.11 bits per heavy atom. The Labute approximate surface area is 165 Å². The number of carbonyl (C=O) groups excluding carboxylic acids is 1. The molecule has 2 aromatic rings. The number of hydrogen-bond acceptors (Lipinski definition) is 5. The average Bonchev–Trinajstić information content (AvgIpc) is 3.15. The normalized spacial score (nSPS) is 20.1. The number of methoxy groups -OCH3 is 1. The van der Waals surface area contributed by atoms with Crippen LogP contribution in [-0.4, -0.2) is 59.2 Å². The van der Waals surface area contributed by atoms with Gasteiger partial charge in [0.25, 0.3) is 0 Å². The van der Waals surface area contributed by atoms with Crippen molar-refractivity contribution in [1.29, 1.82) is 0 Å². The van der Waals surface area contributed by atoms with Gasteiger partial charge in [-0.2, -0.15) is 0 Å². The van der Waals surface area contributed by atoms with E-state index in [-0.39, 0.29) is 12.0 Å². The summed E-state index contributed by atoms with van der Waals surface area (Å²) in [6, 6.07) is 8.39. The Morgan fingerprint density at radius 3 is 2.86 bits per heavy atom. The van der Waals surface area contributed by atoms with Crippen LogP contribution in [0.1, 0.15) is 25.6 Å². The van der Waals surface area contributed by atoms with Gasteiger partial charge in [0.1, 0.15) is 18.2 Å². The van der Waals surface area contributed by atoms with Gasteiger partial charge in [-0.25, -0.2) is 4.98 Å². The molecule has 0 saturated carbocycles. The summed E-state index contributed by atoms with van der Waals surface area (Å²) in [5.74, 6) is 1.95. The molecular formula is C21H28N4O3. The number of imidazole rings is 1. The second-order valence-electron chi connectivity index (χ2n) is 7.52. The minimum absolute atomic E-state index is 0.123. The Bertz CT molecular complexity index is 827. The number of aromatic nitrogens is 2. The standard InChI is InChI=1S/C21H28N4O3/c1-15(26)24-9-7-16(8-10-24)22-11-17-12-25-13-19(23-21(25)14-28-17)18-5-3-4-6-20(18)27-2/h3-6,13,16-17,22H,7-12,14H2,1-2H3/t17-/m0/s1. The maximum absolute atomic E-state index is 11.4. The molecule has 1 N–H and O–H groups in total. The second kappa shape index (κ2) is 8.32. The Hall–Kier alpha value is -2.38. The number of piperidine rings is 1. The van der Waals surface area contributed by atoms with E-state index in [1.54, 1.807) is 14.0 Å². The Kier molecular flexibility index (Phi) is 5.64. The zero-order valence-electron chi connectivity index (χ0n) is 16.6. The number of nitrogens with one attached hydrogen (secondary N) is 1. The molecule has 1 saturated heterocycles. The highest BCUT2D eigenvalue weighted by atomic mass is 16.5. The zero-order valence-corrected chi connectivity index (χ0v) is 16.6. The quantitative estimate of drug-likeness (QED) is 0.855. The first-order chi connectivity index (χ1) is 13.6. The predicted molar refractivity (Wildman–Crippen MR) is 106 cm³/mol. The van der Waals surface area contributed by atoms with Gasteiger partial charge < -0.3 is 24.3 Å². The summed E-state index contributed by atoms with van der Waals surface area (Å²) in [7, 11) is 1.68. The summed E-state index contributed by atoms with van der Waals surface area (Å²) < 4.78 is 13.7. The third-order valence-electron chi connectivity index (χ3n) is 5.67. The van der Waals surface area contributed by atoms with E-state index in [2.05, 4.69) is 16.1 Å². The first-order valence-corrected chi connectivity index (χ1v) is 9.94. The van der Waals surface area contributed by atoms with Gasteiger partial charge >= 0.3 is 0 Å². The highest BCUT2D eigenvalue weighted by Crippen LogP contribution is 2.30. The molecule has 150 valence electrons. The predicted octanol–water partition coefficient (Wildman–Crippen LogP) is 2.06. The van der Waals surface area contributed by atoms with E-state index in [1.165, 1.54) is 0 Å². The second-order valence-corrected chi connectivity index (χ2v) is 7.52. The number of ether oxygens (including phenoxy) is 2. The fourth-order valence-electron chi connectivity index (χ4n) is 4.00. The molecule has 0 radical (unpaired) electrons. The third kappa shape index (κ3) is 4.05. The van der Waals surface area contributed by atoms with Crippen LogP contribution >= 0.6 is 0 Å². The van der Waals surface area contributed by atoms with E-state index in [4.69, 9.17) is 14.5 Å². The van der Waals surface area contributed by atoms with E-state index in [9.17, 15) is 4.79 Å². The topological polar surface area (TPSA) is 68.6 Å². The van der Waals surface area contributed by atoms with Crippen LogP contribution in [0.25, 0.3) is 11.3 Å². The fraction of sp³-hybridized carbons (Fsp3) is 0.524. The number of hydrogen-bond donors (Lipinski definition) is 1. The molecule has 2 aliphatic heterocycles. The molecule has 0 spiro atoms. The van der Waals surface area contributed by atoms with E-state index in [0.29, 0.717) is 12.6 Å². The molecule has 28 heavy (non-hydrogen) atoms. The molecule has 0 bridgehead atoms. The molecule has 3 heterocycles. The molecule has 0 aliphatic carbocycles.